The maximum atomic E-state index is 5.74. The zero-order valence-corrected chi connectivity index (χ0v) is 12.8. The van der Waals surface area contributed by atoms with Crippen LogP contribution in [0.15, 0.2) is 54.6 Å². The largest absolute Gasteiger partial charge is 0.493 e. The van der Waals surface area contributed by atoms with Gasteiger partial charge in [0.2, 0.25) is 0 Å². The molecule has 1 atom stereocenters. The number of para-hydroxylation sites is 1. The lowest BCUT2D eigenvalue weighted by atomic mass is 9.84. The third kappa shape index (κ3) is 3.11. The molecule has 2 heteroatoms. The predicted octanol–water partition coefficient (Wildman–Crippen LogP) is 3.73. The van der Waals surface area contributed by atoms with Crippen LogP contribution in [0.3, 0.4) is 0 Å². The van der Waals surface area contributed by atoms with Crippen molar-refractivity contribution >= 4 is 0 Å². The van der Waals surface area contributed by atoms with E-state index >= 15 is 0 Å². The van der Waals surface area contributed by atoms with Crippen molar-refractivity contribution in [2.45, 2.75) is 25.2 Å². The van der Waals surface area contributed by atoms with Crippen molar-refractivity contribution in [1.29, 1.82) is 0 Å². The molecule has 2 nitrogen and oxygen atoms in total. The van der Waals surface area contributed by atoms with Gasteiger partial charge >= 0.3 is 0 Å². The van der Waals surface area contributed by atoms with Crippen LogP contribution in [-0.4, -0.2) is 19.7 Å². The number of ether oxygens (including phenoxy) is 1. The zero-order valence-electron chi connectivity index (χ0n) is 12.8. The van der Waals surface area contributed by atoms with Crippen LogP contribution in [0.5, 0.6) is 5.75 Å². The Kier molecular flexibility index (Phi) is 3.98. The molecule has 3 rings (SSSR count). The monoisotopic (exact) mass is 281 g/mol. The molecule has 2 aromatic carbocycles. The standard InChI is InChI=1S/C19H23NO/c1-19(2,16-8-4-3-5-9-16)14-20-12-15-13-21-18-11-7-6-10-17(15)18/h3-11,15,20H,12-14H2,1-2H3. The Morgan fingerprint density at radius 2 is 1.76 bits per heavy atom. The maximum Gasteiger partial charge on any atom is 0.122 e. The first-order valence-electron chi connectivity index (χ1n) is 7.65. The fourth-order valence-corrected chi connectivity index (χ4v) is 2.95. The highest BCUT2D eigenvalue weighted by atomic mass is 16.5. The number of hydrogen-bond donors (Lipinski definition) is 1. The molecule has 1 heterocycles. The summed E-state index contributed by atoms with van der Waals surface area (Å²) in [5.74, 6) is 1.51. The lowest BCUT2D eigenvalue weighted by Gasteiger charge is -2.26. The highest BCUT2D eigenvalue weighted by Gasteiger charge is 2.25. The second kappa shape index (κ2) is 5.90. The minimum atomic E-state index is 0.139. The van der Waals surface area contributed by atoms with Gasteiger partial charge in [0.05, 0.1) is 6.61 Å². The molecule has 0 saturated heterocycles. The molecular formula is C19H23NO. The van der Waals surface area contributed by atoms with Crippen molar-refractivity contribution in [2.75, 3.05) is 19.7 Å². The van der Waals surface area contributed by atoms with Crippen LogP contribution in [0.1, 0.15) is 30.9 Å². The molecule has 1 N–H and O–H groups in total. The van der Waals surface area contributed by atoms with Crippen molar-refractivity contribution in [3.63, 3.8) is 0 Å². The second-order valence-corrected chi connectivity index (χ2v) is 6.43. The summed E-state index contributed by atoms with van der Waals surface area (Å²) in [5, 5.41) is 3.63. The Morgan fingerprint density at radius 1 is 1.05 bits per heavy atom. The first-order chi connectivity index (χ1) is 10.2. The highest BCUT2D eigenvalue weighted by molar-refractivity contribution is 5.39. The van der Waals surface area contributed by atoms with Crippen LogP contribution in [-0.2, 0) is 5.41 Å². The summed E-state index contributed by atoms with van der Waals surface area (Å²) >= 11 is 0. The summed E-state index contributed by atoms with van der Waals surface area (Å²) in [7, 11) is 0. The molecule has 0 aliphatic carbocycles. The van der Waals surface area contributed by atoms with Gasteiger partial charge in [-0.05, 0) is 11.6 Å². The van der Waals surface area contributed by atoms with Crippen LogP contribution in [0.4, 0.5) is 0 Å². The van der Waals surface area contributed by atoms with E-state index in [0.29, 0.717) is 5.92 Å². The van der Waals surface area contributed by atoms with Crippen molar-refractivity contribution in [3.05, 3.63) is 65.7 Å². The fraction of sp³-hybridized carbons (Fsp3) is 0.368. The number of hydrogen-bond acceptors (Lipinski definition) is 2. The van der Waals surface area contributed by atoms with Gasteiger partial charge in [0, 0.05) is 30.0 Å². The van der Waals surface area contributed by atoms with E-state index in [1.54, 1.807) is 0 Å². The van der Waals surface area contributed by atoms with Gasteiger partial charge in [-0.3, -0.25) is 0 Å². The van der Waals surface area contributed by atoms with Crippen LogP contribution in [0.2, 0.25) is 0 Å². The molecule has 1 aliphatic rings. The lowest BCUT2D eigenvalue weighted by Crippen LogP contribution is -2.35. The van der Waals surface area contributed by atoms with E-state index in [9.17, 15) is 0 Å². The average molecular weight is 281 g/mol. The second-order valence-electron chi connectivity index (χ2n) is 6.43. The van der Waals surface area contributed by atoms with Crippen LogP contribution in [0, 0.1) is 0 Å². The third-order valence-electron chi connectivity index (χ3n) is 4.31. The normalized spacial score (nSPS) is 17.3. The SMILES string of the molecule is CC(C)(CNCC1COc2ccccc21)c1ccccc1. The first kappa shape index (κ1) is 14.2. The lowest BCUT2D eigenvalue weighted by molar-refractivity contribution is 0.323. The molecule has 1 unspecified atom stereocenters. The molecule has 1 aliphatic heterocycles. The highest BCUT2D eigenvalue weighted by Crippen LogP contribution is 2.33. The van der Waals surface area contributed by atoms with Crippen LogP contribution < -0.4 is 10.1 Å². The summed E-state index contributed by atoms with van der Waals surface area (Å²) in [6.07, 6.45) is 0. The van der Waals surface area contributed by atoms with Gasteiger partial charge in [-0.15, -0.1) is 0 Å². The predicted molar refractivity (Wildman–Crippen MR) is 87.0 cm³/mol. The Hall–Kier alpha value is -1.80. The van der Waals surface area contributed by atoms with Gasteiger partial charge in [-0.1, -0.05) is 62.4 Å². The topological polar surface area (TPSA) is 21.3 Å². The van der Waals surface area contributed by atoms with E-state index in [0.717, 1.165) is 25.4 Å². The van der Waals surface area contributed by atoms with Gasteiger partial charge in [-0.2, -0.15) is 0 Å². The molecule has 21 heavy (non-hydrogen) atoms. The number of benzene rings is 2. The number of rotatable bonds is 5. The van der Waals surface area contributed by atoms with Gasteiger partial charge in [0.1, 0.15) is 5.75 Å². The molecule has 2 aromatic rings. The Balaban J connectivity index is 1.58. The van der Waals surface area contributed by atoms with E-state index in [1.807, 2.05) is 6.07 Å². The molecule has 0 amide bonds. The smallest absolute Gasteiger partial charge is 0.122 e. The maximum absolute atomic E-state index is 5.74. The quantitative estimate of drug-likeness (QED) is 0.901. The average Bonchev–Trinajstić information content (AvgIpc) is 2.92. The van der Waals surface area contributed by atoms with E-state index in [2.05, 4.69) is 67.7 Å². The van der Waals surface area contributed by atoms with Gasteiger partial charge < -0.3 is 10.1 Å². The van der Waals surface area contributed by atoms with Gasteiger partial charge in [0.15, 0.2) is 0 Å². The number of nitrogens with one attached hydrogen (secondary N) is 1. The molecule has 0 fully saturated rings. The van der Waals surface area contributed by atoms with E-state index in [-0.39, 0.29) is 5.41 Å². The Morgan fingerprint density at radius 3 is 2.57 bits per heavy atom. The van der Waals surface area contributed by atoms with Gasteiger partial charge in [0.25, 0.3) is 0 Å². The minimum Gasteiger partial charge on any atom is -0.493 e. The first-order valence-corrected chi connectivity index (χ1v) is 7.65. The van der Waals surface area contributed by atoms with Gasteiger partial charge in [-0.25, -0.2) is 0 Å². The minimum absolute atomic E-state index is 0.139. The molecule has 110 valence electrons. The fourth-order valence-electron chi connectivity index (χ4n) is 2.95. The summed E-state index contributed by atoms with van der Waals surface area (Å²) in [6, 6.07) is 19.1. The molecule has 0 radical (unpaired) electrons. The zero-order chi connectivity index (χ0) is 14.7. The molecule has 0 saturated carbocycles. The summed E-state index contributed by atoms with van der Waals surface area (Å²) < 4.78 is 5.74. The third-order valence-corrected chi connectivity index (χ3v) is 4.31. The van der Waals surface area contributed by atoms with E-state index in [4.69, 9.17) is 4.74 Å². The molecule has 0 aromatic heterocycles. The molecule has 0 spiro atoms. The van der Waals surface area contributed by atoms with Crippen molar-refractivity contribution in [1.82, 2.24) is 5.32 Å². The van der Waals surface area contributed by atoms with Crippen molar-refractivity contribution in [2.24, 2.45) is 0 Å². The van der Waals surface area contributed by atoms with E-state index < -0.39 is 0 Å². The molecule has 0 bridgehead atoms. The van der Waals surface area contributed by atoms with Crippen molar-refractivity contribution in [3.8, 4) is 5.75 Å². The summed E-state index contributed by atoms with van der Waals surface area (Å²) in [4.78, 5) is 0. The Labute approximate surface area is 127 Å². The van der Waals surface area contributed by atoms with E-state index in [1.165, 1.54) is 11.1 Å². The molecular weight excluding hydrogens is 258 g/mol. The van der Waals surface area contributed by atoms with Crippen LogP contribution >= 0.6 is 0 Å². The van der Waals surface area contributed by atoms with Crippen LogP contribution in [0.25, 0.3) is 0 Å². The number of fused-ring (bicyclic) bond motifs is 1. The van der Waals surface area contributed by atoms with Crippen molar-refractivity contribution < 1.29 is 4.74 Å². The summed E-state index contributed by atoms with van der Waals surface area (Å²) in [5.41, 5.74) is 2.85. The summed E-state index contributed by atoms with van der Waals surface area (Å²) in [6.45, 7) is 7.30. The Bertz CT molecular complexity index is 592.